The van der Waals surface area contributed by atoms with Crippen LogP contribution in [0.2, 0.25) is 0 Å². The van der Waals surface area contributed by atoms with Gasteiger partial charge in [0.05, 0.1) is 4.92 Å². The highest BCUT2D eigenvalue weighted by Crippen LogP contribution is 2.30. The Balaban J connectivity index is 2.36. The first kappa shape index (κ1) is 17.5. The maximum absolute atomic E-state index is 11.7. The predicted octanol–water partition coefficient (Wildman–Crippen LogP) is 3.74. The fourth-order valence-electron chi connectivity index (χ4n) is 2.64. The Morgan fingerprint density at radius 1 is 1.21 bits per heavy atom. The van der Waals surface area contributed by atoms with Gasteiger partial charge in [0, 0.05) is 24.7 Å². The summed E-state index contributed by atoms with van der Waals surface area (Å²) in [5.74, 6) is -0.354. The maximum Gasteiger partial charge on any atom is 0.293 e. The lowest BCUT2D eigenvalue weighted by Crippen LogP contribution is -2.18. The van der Waals surface area contributed by atoms with Crippen LogP contribution in [0.15, 0.2) is 36.4 Å². The van der Waals surface area contributed by atoms with E-state index in [-0.39, 0.29) is 23.2 Å². The van der Waals surface area contributed by atoms with Crippen molar-refractivity contribution in [3.63, 3.8) is 0 Å². The van der Waals surface area contributed by atoms with Gasteiger partial charge in [-0.15, -0.1) is 0 Å². The molecule has 0 aliphatic heterocycles. The largest absolute Gasteiger partial charge is 0.373 e. The van der Waals surface area contributed by atoms with E-state index in [1.54, 1.807) is 12.1 Å². The lowest BCUT2D eigenvalue weighted by Gasteiger charge is -2.19. The molecule has 126 valence electrons. The molecule has 0 spiro atoms. The molecule has 2 rings (SSSR count). The van der Waals surface area contributed by atoms with Crippen molar-refractivity contribution in [1.29, 1.82) is 0 Å². The first-order valence-corrected chi connectivity index (χ1v) is 7.68. The minimum Gasteiger partial charge on any atom is -0.373 e. The average Bonchev–Trinajstić information content (AvgIpc) is 2.56. The molecule has 0 saturated heterocycles. The van der Waals surface area contributed by atoms with Crippen molar-refractivity contribution in [3.8, 4) is 0 Å². The van der Waals surface area contributed by atoms with Crippen molar-refractivity contribution in [1.82, 2.24) is 5.32 Å². The van der Waals surface area contributed by atoms with Crippen LogP contribution in [0, 0.1) is 24.0 Å². The quantitative estimate of drug-likeness (QED) is 0.647. The normalized spacial score (nSPS) is 11.7. The topological polar surface area (TPSA) is 84.3 Å². The van der Waals surface area contributed by atoms with Gasteiger partial charge in [0.1, 0.15) is 5.69 Å². The van der Waals surface area contributed by atoms with Crippen LogP contribution in [0.1, 0.15) is 40.0 Å². The second kappa shape index (κ2) is 7.12. The molecule has 6 heteroatoms. The predicted molar refractivity (Wildman–Crippen MR) is 94.4 cm³/mol. The third-order valence-electron chi connectivity index (χ3n) is 4.17. The zero-order valence-corrected chi connectivity index (χ0v) is 14.2. The minimum atomic E-state index is -0.482. The van der Waals surface area contributed by atoms with Gasteiger partial charge in [-0.3, -0.25) is 14.9 Å². The Bertz CT molecular complexity index is 787. The van der Waals surface area contributed by atoms with Gasteiger partial charge in [0.25, 0.3) is 11.6 Å². The van der Waals surface area contributed by atoms with Gasteiger partial charge < -0.3 is 10.6 Å². The molecule has 0 saturated carbocycles. The Kier molecular flexibility index (Phi) is 5.18. The summed E-state index contributed by atoms with van der Waals surface area (Å²) in [4.78, 5) is 22.5. The molecule has 0 bridgehead atoms. The Labute approximate surface area is 141 Å². The van der Waals surface area contributed by atoms with Crippen LogP contribution >= 0.6 is 0 Å². The number of anilines is 1. The zero-order chi connectivity index (χ0) is 17.9. The highest BCUT2D eigenvalue weighted by atomic mass is 16.6. The smallest absolute Gasteiger partial charge is 0.293 e. The van der Waals surface area contributed by atoms with E-state index < -0.39 is 4.92 Å². The van der Waals surface area contributed by atoms with Crippen LogP contribution in [-0.2, 0) is 0 Å². The molecule has 0 aliphatic rings. The number of nitro benzene ring substituents is 1. The summed E-state index contributed by atoms with van der Waals surface area (Å²) in [5, 5.41) is 17.0. The van der Waals surface area contributed by atoms with Crippen LogP contribution in [0.5, 0.6) is 0 Å². The molecule has 0 radical (unpaired) electrons. The molecule has 0 aliphatic carbocycles. The van der Waals surface area contributed by atoms with E-state index in [1.165, 1.54) is 18.7 Å². The van der Waals surface area contributed by atoms with E-state index in [4.69, 9.17) is 0 Å². The summed E-state index contributed by atoms with van der Waals surface area (Å²) in [5.41, 5.74) is 3.94. The first-order valence-electron chi connectivity index (χ1n) is 7.68. The second-order valence-electron chi connectivity index (χ2n) is 5.72. The third-order valence-corrected chi connectivity index (χ3v) is 4.17. The standard InChI is InChI=1S/C18H21N3O3/c1-11-6-5-7-15(12(11)2)13(3)20-16-9-8-14(18(22)19-4)10-17(16)21(23)24/h5-10,13,20H,1-4H3,(H,19,22). The van der Waals surface area contributed by atoms with Crippen molar-refractivity contribution in [2.24, 2.45) is 0 Å². The van der Waals surface area contributed by atoms with Crippen LogP contribution in [0.3, 0.4) is 0 Å². The molecule has 0 heterocycles. The summed E-state index contributed by atoms with van der Waals surface area (Å²) in [6.07, 6.45) is 0. The Hall–Kier alpha value is -2.89. The van der Waals surface area contributed by atoms with Gasteiger partial charge in [-0.05, 0) is 49.6 Å². The number of nitrogens with one attached hydrogen (secondary N) is 2. The van der Waals surface area contributed by atoms with Gasteiger partial charge in [-0.25, -0.2) is 0 Å². The number of nitro groups is 1. The Morgan fingerprint density at radius 3 is 2.54 bits per heavy atom. The van der Waals surface area contributed by atoms with Crippen molar-refractivity contribution < 1.29 is 9.72 Å². The Morgan fingerprint density at radius 2 is 1.92 bits per heavy atom. The van der Waals surface area contributed by atoms with Gasteiger partial charge in [-0.1, -0.05) is 18.2 Å². The molecule has 1 atom stereocenters. The van der Waals surface area contributed by atoms with Crippen molar-refractivity contribution in [3.05, 3.63) is 68.8 Å². The zero-order valence-electron chi connectivity index (χ0n) is 14.2. The summed E-state index contributed by atoms with van der Waals surface area (Å²) in [6.45, 7) is 6.02. The van der Waals surface area contributed by atoms with Crippen LogP contribution in [-0.4, -0.2) is 17.9 Å². The highest BCUT2D eigenvalue weighted by Gasteiger charge is 2.19. The fraction of sp³-hybridized carbons (Fsp3) is 0.278. The molecule has 24 heavy (non-hydrogen) atoms. The minimum absolute atomic E-state index is 0.102. The molecule has 2 aromatic rings. The van der Waals surface area contributed by atoms with E-state index in [9.17, 15) is 14.9 Å². The number of nitrogens with zero attached hydrogens (tertiary/aromatic N) is 1. The van der Waals surface area contributed by atoms with Crippen molar-refractivity contribution >= 4 is 17.3 Å². The summed E-state index contributed by atoms with van der Waals surface area (Å²) in [6, 6.07) is 10.3. The molecule has 0 fully saturated rings. The number of carbonyl (C=O) groups excluding carboxylic acids is 1. The molecular formula is C18H21N3O3. The molecule has 2 aromatic carbocycles. The van der Waals surface area contributed by atoms with E-state index >= 15 is 0 Å². The number of benzene rings is 2. The van der Waals surface area contributed by atoms with E-state index in [0.29, 0.717) is 5.69 Å². The van der Waals surface area contributed by atoms with Gasteiger partial charge >= 0.3 is 0 Å². The SMILES string of the molecule is CNC(=O)c1ccc(NC(C)c2cccc(C)c2C)c([N+](=O)[O-])c1. The average molecular weight is 327 g/mol. The van der Waals surface area contributed by atoms with Gasteiger partial charge in [-0.2, -0.15) is 0 Å². The van der Waals surface area contributed by atoms with Crippen LogP contribution in [0.25, 0.3) is 0 Å². The summed E-state index contributed by atoms with van der Waals surface area (Å²) >= 11 is 0. The lowest BCUT2D eigenvalue weighted by molar-refractivity contribution is -0.384. The maximum atomic E-state index is 11.7. The molecule has 1 unspecified atom stereocenters. The second-order valence-corrected chi connectivity index (χ2v) is 5.72. The van der Waals surface area contributed by atoms with Gasteiger partial charge in [0.15, 0.2) is 0 Å². The summed E-state index contributed by atoms with van der Waals surface area (Å²) in [7, 11) is 1.49. The number of carbonyl (C=O) groups is 1. The summed E-state index contributed by atoms with van der Waals surface area (Å²) < 4.78 is 0. The monoisotopic (exact) mass is 327 g/mol. The van der Waals surface area contributed by atoms with E-state index in [2.05, 4.69) is 10.6 Å². The van der Waals surface area contributed by atoms with Crippen LogP contribution < -0.4 is 10.6 Å². The van der Waals surface area contributed by atoms with Crippen LogP contribution in [0.4, 0.5) is 11.4 Å². The van der Waals surface area contributed by atoms with Gasteiger partial charge in [0.2, 0.25) is 0 Å². The lowest BCUT2D eigenvalue weighted by atomic mass is 9.98. The number of hydrogen-bond acceptors (Lipinski definition) is 4. The first-order chi connectivity index (χ1) is 11.3. The van der Waals surface area contributed by atoms with E-state index in [0.717, 1.165) is 11.1 Å². The molecule has 0 aromatic heterocycles. The molecule has 6 nitrogen and oxygen atoms in total. The number of aryl methyl sites for hydroxylation is 1. The highest BCUT2D eigenvalue weighted by molar-refractivity contribution is 5.95. The molecule has 1 amide bonds. The van der Waals surface area contributed by atoms with E-state index in [1.807, 2.05) is 39.0 Å². The number of hydrogen-bond donors (Lipinski definition) is 2. The number of rotatable bonds is 5. The fourth-order valence-corrected chi connectivity index (χ4v) is 2.64. The number of amides is 1. The van der Waals surface area contributed by atoms with Crippen molar-refractivity contribution in [2.75, 3.05) is 12.4 Å². The molecular weight excluding hydrogens is 306 g/mol. The molecule has 2 N–H and O–H groups in total. The third kappa shape index (κ3) is 3.53. The van der Waals surface area contributed by atoms with Crippen molar-refractivity contribution in [2.45, 2.75) is 26.8 Å².